The Hall–Kier alpha value is -2.95. The predicted octanol–water partition coefficient (Wildman–Crippen LogP) is 3.43. The Morgan fingerprint density at radius 2 is 1.58 bits per heavy atom. The normalized spacial score (nSPS) is 13.6. The van der Waals surface area contributed by atoms with E-state index in [1.54, 1.807) is 49.4 Å². The minimum atomic E-state index is -0.272. The zero-order valence-corrected chi connectivity index (χ0v) is 14.8. The van der Waals surface area contributed by atoms with Crippen LogP contribution in [-0.4, -0.2) is 30.7 Å². The second-order valence-electron chi connectivity index (χ2n) is 6.21. The highest BCUT2D eigenvalue weighted by Crippen LogP contribution is 2.33. The Balaban J connectivity index is 1.76. The average molecular weight is 352 g/mol. The maximum Gasteiger partial charge on any atom is 0.308 e. The number of hydrogen-bond acceptors (Lipinski definition) is 5. The molecule has 134 valence electrons. The molecule has 0 heterocycles. The Bertz CT molecular complexity index is 868. The van der Waals surface area contributed by atoms with Crippen LogP contribution in [0.3, 0.4) is 0 Å². The van der Waals surface area contributed by atoms with Gasteiger partial charge in [-0.1, -0.05) is 50.2 Å². The van der Waals surface area contributed by atoms with Crippen LogP contribution < -0.4 is 4.74 Å². The molecule has 3 rings (SSSR count). The molecule has 0 fully saturated rings. The summed E-state index contributed by atoms with van der Waals surface area (Å²) in [6.45, 7) is 3.92. The maximum absolute atomic E-state index is 12.8. The third-order valence-corrected chi connectivity index (χ3v) is 4.51. The van der Waals surface area contributed by atoms with Crippen molar-refractivity contribution in [3.8, 4) is 5.75 Å². The van der Waals surface area contributed by atoms with Crippen molar-refractivity contribution >= 4 is 17.5 Å². The van der Waals surface area contributed by atoms with E-state index in [4.69, 9.17) is 9.47 Å². The fourth-order valence-electron chi connectivity index (χ4n) is 2.84. The standard InChI is InChI=1S/C21H20O5/c1-3-13(2)21(24)26-12-11-25-17-10-6-9-16-18(17)20(23)15-8-5-4-7-14(15)19(16)22/h4-10,13H,3,11-12H2,1-2H3. The molecule has 0 aliphatic heterocycles. The molecule has 0 amide bonds. The van der Waals surface area contributed by atoms with Crippen molar-refractivity contribution in [2.75, 3.05) is 13.2 Å². The van der Waals surface area contributed by atoms with Gasteiger partial charge < -0.3 is 9.47 Å². The number of rotatable bonds is 6. The van der Waals surface area contributed by atoms with Gasteiger partial charge in [-0.3, -0.25) is 14.4 Å². The number of ether oxygens (including phenoxy) is 2. The predicted molar refractivity (Wildman–Crippen MR) is 95.7 cm³/mol. The third-order valence-electron chi connectivity index (χ3n) is 4.51. The van der Waals surface area contributed by atoms with Crippen molar-refractivity contribution < 1.29 is 23.9 Å². The smallest absolute Gasteiger partial charge is 0.308 e. The molecule has 1 aliphatic carbocycles. The van der Waals surface area contributed by atoms with E-state index in [9.17, 15) is 14.4 Å². The van der Waals surface area contributed by atoms with Crippen LogP contribution in [0, 0.1) is 5.92 Å². The quantitative estimate of drug-likeness (QED) is 0.502. The summed E-state index contributed by atoms with van der Waals surface area (Å²) in [6, 6.07) is 11.7. The molecule has 1 unspecified atom stereocenters. The lowest BCUT2D eigenvalue weighted by Crippen LogP contribution is -2.22. The highest BCUT2D eigenvalue weighted by atomic mass is 16.6. The molecule has 0 N–H and O–H groups in total. The highest BCUT2D eigenvalue weighted by Gasteiger charge is 2.31. The van der Waals surface area contributed by atoms with E-state index in [2.05, 4.69) is 0 Å². The number of fused-ring (bicyclic) bond motifs is 2. The summed E-state index contributed by atoms with van der Waals surface area (Å²) < 4.78 is 10.8. The minimum Gasteiger partial charge on any atom is -0.489 e. The van der Waals surface area contributed by atoms with Gasteiger partial charge in [-0.15, -0.1) is 0 Å². The molecule has 5 heteroatoms. The monoisotopic (exact) mass is 352 g/mol. The minimum absolute atomic E-state index is 0.0889. The van der Waals surface area contributed by atoms with Crippen LogP contribution in [0.1, 0.15) is 52.1 Å². The van der Waals surface area contributed by atoms with Crippen molar-refractivity contribution in [2.45, 2.75) is 20.3 Å². The van der Waals surface area contributed by atoms with Gasteiger partial charge in [-0.2, -0.15) is 0 Å². The van der Waals surface area contributed by atoms with E-state index >= 15 is 0 Å². The van der Waals surface area contributed by atoms with Crippen LogP contribution >= 0.6 is 0 Å². The van der Waals surface area contributed by atoms with E-state index in [1.165, 1.54) is 0 Å². The van der Waals surface area contributed by atoms with E-state index in [-0.39, 0.29) is 42.2 Å². The topological polar surface area (TPSA) is 69.7 Å². The maximum atomic E-state index is 12.8. The first kappa shape index (κ1) is 17.9. The van der Waals surface area contributed by atoms with Crippen LogP contribution in [0.5, 0.6) is 5.75 Å². The Kier molecular flexibility index (Phi) is 5.16. The molecule has 2 aromatic carbocycles. The number of hydrogen-bond donors (Lipinski definition) is 0. The second kappa shape index (κ2) is 7.52. The number of ketones is 2. The Morgan fingerprint density at radius 1 is 0.923 bits per heavy atom. The van der Waals surface area contributed by atoms with Gasteiger partial charge in [-0.25, -0.2) is 0 Å². The summed E-state index contributed by atoms with van der Waals surface area (Å²) in [5, 5.41) is 0. The van der Waals surface area contributed by atoms with Crippen LogP contribution in [0.25, 0.3) is 0 Å². The molecule has 1 atom stereocenters. The van der Waals surface area contributed by atoms with Gasteiger partial charge in [0.2, 0.25) is 0 Å². The van der Waals surface area contributed by atoms with E-state index in [0.29, 0.717) is 28.9 Å². The SMILES string of the molecule is CCC(C)C(=O)OCCOc1cccc2c1C(=O)c1ccccc1C2=O. The first-order chi connectivity index (χ1) is 12.5. The number of benzene rings is 2. The van der Waals surface area contributed by atoms with Gasteiger partial charge >= 0.3 is 5.97 Å². The molecule has 0 saturated carbocycles. The van der Waals surface area contributed by atoms with E-state index in [1.807, 2.05) is 6.92 Å². The van der Waals surface area contributed by atoms with Crippen LogP contribution in [-0.2, 0) is 9.53 Å². The first-order valence-electron chi connectivity index (χ1n) is 8.65. The van der Waals surface area contributed by atoms with E-state index in [0.717, 1.165) is 0 Å². The zero-order chi connectivity index (χ0) is 18.7. The molecule has 0 spiro atoms. The summed E-state index contributed by atoms with van der Waals surface area (Å²) >= 11 is 0. The summed E-state index contributed by atoms with van der Waals surface area (Å²) in [4.78, 5) is 37.2. The molecule has 1 aliphatic rings. The van der Waals surface area contributed by atoms with Crippen molar-refractivity contribution in [1.29, 1.82) is 0 Å². The summed E-state index contributed by atoms with van der Waals surface area (Å²) in [7, 11) is 0. The lowest BCUT2D eigenvalue weighted by molar-refractivity contribution is -0.148. The Labute approximate surface area is 151 Å². The van der Waals surface area contributed by atoms with Crippen LogP contribution in [0.4, 0.5) is 0 Å². The molecular formula is C21H20O5. The first-order valence-corrected chi connectivity index (χ1v) is 8.65. The number of carbonyl (C=O) groups is 3. The van der Waals surface area contributed by atoms with E-state index < -0.39 is 0 Å². The lowest BCUT2D eigenvalue weighted by atomic mass is 9.83. The van der Waals surface area contributed by atoms with Gasteiger partial charge in [0.05, 0.1) is 11.5 Å². The average Bonchev–Trinajstić information content (AvgIpc) is 2.68. The van der Waals surface area contributed by atoms with Gasteiger partial charge in [0.25, 0.3) is 0 Å². The fraction of sp³-hybridized carbons (Fsp3) is 0.286. The van der Waals surface area contributed by atoms with Gasteiger partial charge in [-0.05, 0) is 12.5 Å². The van der Waals surface area contributed by atoms with Crippen molar-refractivity contribution in [3.05, 3.63) is 64.7 Å². The van der Waals surface area contributed by atoms with Gasteiger partial charge in [0, 0.05) is 16.7 Å². The third kappa shape index (κ3) is 3.25. The molecule has 26 heavy (non-hydrogen) atoms. The van der Waals surface area contributed by atoms with Crippen molar-refractivity contribution in [3.63, 3.8) is 0 Å². The molecule has 2 aromatic rings. The molecule has 0 radical (unpaired) electrons. The molecule has 0 saturated heterocycles. The van der Waals surface area contributed by atoms with Crippen LogP contribution in [0.2, 0.25) is 0 Å². The number of esters is 1. The fourth-order valence-corrected chi connectivity index (χ4v) is 2.84. The van der Waals surface area contributed by atoms with Gasteiger partial charge in [0.1, 0.15) is 19.0 Å². The zero-order valence-electron chi connectivity index (χ0n) is 14.8. The summed E-state index contributed by atoms with van der Waals surface area (Å²) in [6.07, 6.45) is 0.710. The van der Waals surface area contributed by atoms with Crippen molar-refractivity contribution in [2.24, 2.45) is 5.92 Å². The molecular weight excluding hydrogens is 332 g/mol. The molecule has 0 aromatic heterocycles. The largest absolute Gasteiger partial charge is 0.489 e. The lowest BCUT2D eigenvalue weighted by Gasteiger charge is -2.20. The molecule has 5 nitrogen and oxygen atoms in total. The highest BCUT2D eigenvalue weighted by molar-refractivity contribution is 6.29. The van der Waals surface area contributed by atoms with Crippen molar-refractivity contribution in [1.82, 2.24) is 0 Å². The summed E-state index contributed by atoms with van der Waals surface area (Å²) in [5.41, 5.74) is 1.39. The molecule has 0 bridgehead atoms. The second-order valence-corrected chi connectivity index (χ2v) is 6.21. The Morgan fingerprint density at radius 3 is 2.27 bits per heavy atom. The summed E-state index contributed by atoms with van der Waals surface area (Å²) in [5.74, 6) is -0.525. The van der Waals surface area contributed by atoms with Gasteiger partial charge in [0.15, 0.2) is 11.6 Å². The van der Waals surface area contributed by atoms with Crippen LogP contribution in [0.15, 0.2) is 42.5 Å². The number of carbonyl (C=O) groups excluding carboxylic acids is 3.